The summed E-state index contributed by atoms with van der Waals surface area (Å²) in [6.07, 6.45) is 0.119. The Morgan fingerprint density at radius 3 is 2.43 bits per heavy atom. The Kier molecular flexibility index (Phi) is 7.09. The lowest BCUT2D eigenvalue weighted by atomic mass is 10.1. The quantitative estimate of drug-likeness (QED) is 0.527. The molecule has 3 aromatic carbocycles. The molecule has 0 aliphatic carbocycles. The SMILES string of the molecule is Cc1ccc(Oc2ccc(Cl)cc2NC(=O)CCNC(=O)c2ccccc2C)cc1. The van der Waals surface area contributed by atoms with Crippen molar-refractivity contribution < 1.29 is 14.3 Å². The second kappa shape index (κ2) is 9.94. The van der Waals surface area contributed by atoms with Gasteiger partial charge in [-0.05, 0) is 55.8 Å². The maximum Gasteiger partial charge on any atom is 0.251 e. The maximum absolute atomic E-state index is 12.4. The largest absolute Gasteiger partial charge is 0.455 e. The molecular weight excluding hydrogens is 400 g/mol. The lowest BCUT2D eigenvalue weighted by molar-refractivity contribution is -0.116. The zero-order chi connectivity index (χ0) is 21.5. The predicted molar refractivity (Wildman–Crippen MR) is 119 cm³/mol. The molecule has 2 N–H and O–H groups in total. The van der Waals surface area contributed by atoms with E-state index in [1.54, 1.807) is 24.3 Å². The number of aryl methyl sites for hydroxylation is 2. The molecule has 3 aromatic rings. The zero-order valence-electron chi connectivity index (χ0n) is 16.9. The van der Waals surface area contributed by atoms with Crippen LogP contribution in [0.25, 0.3) is 0 Å². The van der Waals surface area contributed by atoms with Gasteiger partial charge in [0.05, 0.1) is 5.69 Å². The van der Waals surface area contributed by atoms with Gasteiger partial charge in [0.1, 0.15) is 5.75 Å². The van der Waals surface area contributed by atoms with Crippen molar-refractivity contribution in [2.24, 2.45) is 0 Å². The van der Waals surface area contributed by atoms with Gasteiger partial charge in [0.2, 0.25) is 5.91 Å². The van der Waals surface area contributed by atoms with Crippen molar-refractivity contribution in [1.82, 2.24) is 5.32 Å². The van der Waals surface area contributed by atoms with Gasteiger partial charge < -0.3 is 15.4 Å². The summed E-state index contributed by atoms with van der Waals surface area (Å²) in [6.45, 7) is 4.08. The van der Waals surface area contributed by atoms with E-state index in [1.165, 1.54) is 0 Å². The van der Waals surface area contributed by atoms with Crippen LogP contribution >= 0.6 is 11.6 Å². The third kappa shape index (κ3) is 5.84. The van der Waals surface area contributed by atoms with Gasteiger partial charge in [-0.25, -0.2) is 0 Å². The standard InChI is InChI=1S/C24H23ClN2O3/c1-16-7-10-19(11-8-16)30-22-12-9-18(25)15-21(22)27-23(28)13-14-26-24(29)20-6-4-3-5-17(20)2/h3-12,15H,13-14H2,1-2H3,(H,26,29)(H,27,28). The van der Waals surface area contributed by atoms with Crippen LogP contribution in [0.2, 0.25) is 5.02 Å². The van der Waals surface area contributed by atoms with Crippen LogP contribution in [0.4, 0.5) is 5.69 Å². The van der Waals surface area contributed by atoms with Crippen LogP contribution in [-0.4, -0.2) is 18.4 Å². The van der Waals surface area contributed by atoms with E-state index in [0.717, 1.165) is 11.1 Å². The van der Waals surface area contributed by atoms with Crippen molar-refractivity contribution >= 4 is 29.1 Å². The first-order valence-electron chi connectivity index (χ1n) is 9.60. The van der Waals surface area contributed by atoms with E-state index in [1.807, 2.05) is 56.3 Å². The minimum absolute atomic E-state index is 0.119. The van der Waals surface area contributed by atoms with Crippen molar-refractivity contribution in [3.63, 3.8) is 0 Å². The fraction of sp³-hybridized carbons (Fsp3) is 0.167. The summed E-state index contributed by atoms with van der Waals surface area (Å²) in [4.78, 5) is 24.6. The summed E-state index contributed by atoms with van der Waals surface area (Å²) >= 11 is 6.09. The van der Waals surface area contributed by atoms with Crippen LogP contribution in [0.5, 0.6) is 11.5 Å². The van der Waals surface area contributed by atoms with Gasteiger partial charge in [-0.3, -0.25) is 9.59 Å². The van der Waals surface area contributed by atoms with Crippen LogP contribution in [-0.2, 0) is 4.79 Å². The minimum Gasteiger partial charge on any atom is -0.455 e. The normalized spacial score (nSPS) is 10.4. The molecule has 0 unspecified atom stereocenters. The van der Waals surface area contributed by atoms with Crippen LogP contribution in [0.3, 0.4) is 0 Å². The minimum atomic E-state index is -0.254. The number of rotatable bonds is 7. The molecule has 0 aliphatic heterocycles. The summed E-state index contributed by atoms with van der Waals surface area (Å²) in [5.41, 5.74) is 3.08. The molecule has 154 valence electrons. The Hall–Kier alpha value is -3.31. The highest BCUT2D eigenvalue weighted by atomic mass is 35.5. The van der Waals surface area contributed by atoms with Crippen molar-refractivity contribution in [3.8, 4) is 11.5 Å². The van der Waals surface area contributed by atoms with Gasteiger partial charge in [0, 0.05) is 23.6 Å². The van der Waals surface area contributed by atoms with Crippen molar-refractivity contribution in [1.29, 1.82) is 0 Å². The molecule has 0 aromatic heterocycles. The monoisotopic (exact) mass is 422 g/mol. The lowest BCUT2D eigenvalue weighted by Crippen LogP contribution is -2.28. The molecule has 0 aliphatic rings. The molecule has 5 nitrogen and oxygen atoms in total. The Balaban J connectivity index is 1.59. The molecule has 0 saturated heterocycles. The van der Waals surface area contributed by atoms with Gasteiger partial charge in [-0.15, -0.1) is 0 Å². The third-order valence-corrected chi connectivity index (χ3v) is 4.73. The van der Waals surface area contributed by atoms with Crippen molar-refractivity contribution in [2.75, 3.05) is 11.9 Å². The summed E-state index contributed by atoms with van der Waals surface area (Å²) in [6, 6.07) is 20.0. The average Bonchev–Trinajstić information content (AvgIpc) is 2.72. The molecule has 2 amide bonds. The molecule has 0 saturated carbocycles. The van der Waals surface area contributed by atoms with E-state index in [-0.39, 0.29) is 24.8 Å². The smallest absolute Gasteiger partial charge is 0.251 e. The van der Waals surface area contributed by atoms with Crippen LogP contribution < -0.4 is 15.4 Å². The molecule has 0 radical (unpaired) electrons. The highest BCUT2D eigenvalue weighted by Gasteiger charge is 2.12. The van der Waals surface area contributed by atoms with Gasteiger partial charge in [-0.1, -0.05) is 47.5 Å². The fourth-order valence-corrected chi connectivity index (χ4v) is 3.02. The van der Waals surface area contributed by atoms with Gasteiger partial charge in [-0.2, -0.15) is 0 Å². The first kappa shape index (κ1) is 21.4. The van der Waals surface area contributed by atoms with Gasteiger partial charge >= 0.3 is 0 Å². The molecular formula is C24H23ClN2O3. The number of nitrogens with one attached hydrogen (secondary N) is 2. The molecule has 0 atom stereocenters. The number of carbonyl (C=O) groups excluding carboxylic acids is 2. The Morgan fingerprint density at radius 2 is 1.70 bits per heavy atom. The number of amides is 2. The molecule has 30 heavy (non-hydrogen) atoms. The second-order valence-corrected chi connectivity index (χ2v) is 7.36. The number of carbonyl (C=O) groups is 2. The van der Waals surface area contributed by atoms with Crippen LogP contribution in [0.15, 0.2) is 66.7 Å². The molecule has 3 rings (SSSR count). The van der Waals surface area contributed by atoms with Crippen molar-refractivity contribution in [3.05, 3.63) is 88.4 Å². The second-order valence-electron chi connectivity index (χ2n) is 6.92. The molecule has 0 bridgehead atoms. The first-order valence-corrected chi connectivity index (χ1v) is 9.98. The van der Waals surface area contributed by atoms with E-state index in [9.17, 15) is 9.59 Å². The molecule has 0 fully saturated rings. The third-order valence-electron chi connectivity index (χ3n) is 4.49. The topological polar surface area (TPSA) is 67.4 Å². The Labute approximate surface area is 181 Å². The molecule has 6 heteroatoms. The highest BCUT2D eigenvalue weighted by Crippen LogP contribution is 2.32. The number of benzene rings is 3. The summed E-state index contributed by atoms with van der Waals surface area (Å²) in [7, 11) is 0. The van der Waals surface area contributed by atoms with Crippen molar-refractivity contribution in [2.45, 2.75) is 20.3 Å². The first-order chi connectivity index (χ1) is 14.4. The van der Waals surface area contributed by atoms with E-state index < -0.39 is 0 Å². The van der Waals surface area contributed by atoms with Crippen LogP contribution in [0, 0.1) is 13.8 Å². The van der Waals surface area contributed by atoms with E-state index in [0.29, 0.717) is 27.8 Å². The fourth-order valence-electron chi connectivity index (χ4n) is 2.85. The summed E-state index contributed by atoms with van der Waals surface area (Å²) in [5.74, 6) is 0.688. The van der Waals surface area contributed by atoms with E-state index >= 15 is 0 Å². The lowest BCUT2D eigenvalue weighted by Gasteiger charge is -2.13. The Bertz CT molecular complexity index is 1050. The van der Waals surface area contributed by atoms with Gasteiger partial charge in [0.25, 0.3) is 5.91 Å². The number of ether oxygens (including phenoxy) is 1. The van der Waals surface area contributed by atoms with E-state index in [2.05, 4.69) is 10.6 Å². The number of halogens is 1. The highest BCUT2D eigenvalue weighted by molar-refractivity contribution is 6.31. The van der Waals surface area contributed by atoms with Gasteiger partial charge in [0.15, 0.2) is 5.75 Å². The predicted octanol–water partition coefficient (Wildman–Crippen LogP) is 5.51. The number of hydrogen-bond acceptors (Lipinski definition) is 3. The average molecular weight is 423 g/mol. The summed E-state index contributed by atoms with van der Waals surface area (Å²) < 4.78 is 5.89. The Morgan fingerprint density at radius 1 is 0.967 bits per heavy atom. The van der Waals surface area contributed by atoms with E-state index in [4.69, 9.17) is 16.3 Å². The van der Waals surface area contributed by atoms with Crippen LogP contribution in [0.1, 0.15) is 27.9 Å². The molecule has 0 spiro atoms. The summed E-state index contributed by atoms with van der Waals surface area (Å²) in [5, 5.41) is 6.06. The number of anilines is 1. The number of hydrogen-bond donors (Lipinski definition) is 2. The molecule has 0 heterocycles. The maximum atomic E-state index is 12.4. The zero-order valence-corrected chi connectivity index (χ0v) is 17.6.